The lowest BCUT2D eigenvalue weighted by molar-refractivity contribution is 0.481. The van der Waals surface area contributed by atoms with Gasteiger partial charge in [0.15, 0.2) is 0 Å². The van der Waals surface area contributed by atoms with Crippen LogP contribution in [0, 0.1) is 5.92 Å². The van der Waals surface area contributed by atoms with Crippen molar-refractivity contribution in [2.45, 2.75) is 19.8 Å². The highest BCUT2D eigenvalue weighted by molar-refractivity contribution is 7.09. The third-order valence-corrected chi connectivity index (χ3v) is 3.83. The first-order valence-electron chi connectivity index (χ1n) is 6.50. The van der Waals surface area contributed by atoms with Crippen molar-refractivity contribution in [1.29, 1.82) is 0 Å². The van der Waals surface area contributed by atoms with Crippen LogP contribution in [0.1, 0.15) is 17.4 Å². The summed E-state index contributed by atoms with van der Waals surface area (Å²) in [4.78, 5) is 5.54. The zero-order valence-electron chi connectivity index (χ0n) is 10.8. The van der Waals surface area contributed by atoms with Gasteiger partial charge in [-0.15, -0.1) is 11.3 Å². The maximum absolute atomic E-state index is 4.16. The average molecular weight is 260 g/mol. The molecular formula is C15H20N2S. The molecule has 1 heterocycles. The quantitative estimate of drug-likeness (QED) is 0.827. The van der Waals surface area contributed by atoms with Gasteiger partial charge in [-0.2, -0.15) is 0 Å². The number of hydrogen-bond acceptors (Lipinski definition) is 3. The van der Waals surface area contributed by atoms with E-state index in [9.17, 15) is 0 Å². The Morgan fingerprint density at radius 1 is 1.22 bits per heavy atom. The highest BCUT2D eigenvalue weighted by Gasteiger charge is 2.11. The van der Waals surface area contributed by atoms with Crippen LogP contribution in [0.5, 0.6) is 0 Å². The van der Waals surface area contributed by atoms with Crippen LogP contribution in [-0.4, -0.2) is 18.1 Å². The van der Waals surface area contributed by atoms with Gasteiger partial charge in [-0.3, -0.25) is 4.98 Å². The standard InChI is InChI=1S/C15H20N2S/c1-2-16-10-14(9-15-11-17-12-18-15)8-13-6-4-3-5-7-13/h3-7,11-12,14,16H,2,8-10H2,1H3. The molecule has 0 bridgehead atoms. The fourth-order valence-electron chi connectivity index (χ4n) is 2.14. The van der Waals surface area contributed by atoms with Gasteiger partial charge in [-0.1, -0.05) is 37.3 Å². The first kappa shape index (κ1) is 13.2. The van der Waals surface area contributed by atoms with E-state index in [0.29, 0.717) is 5.92 Å². The summed E-state index contributed by atoms with van der Waals surface area (Å²) >= 11 is 1.76. The largest absolute Gasteiger partial charge is 0.317 e. The zero-order chi connectivity index (χ0) is 12.6. The molecule has 0 fully saturated rings. The van der Waals surface area contributed by atoms with Gasteiger partial charge >= 0.3 is 0 Å². The zero-order valence-corrected chi connectivity index (χ0v) is 11.6. The van der Waals surface area contributed by atoms with Gasteiger partial charge in [0.2, 0.25) is 0 Å². The molecule has 0 saturated carbocycles. The molecule has 3 heteroatoms. The summed E-state index contributed by atoms with van der Waals surface area (Å²) in [6.45, 7) is 4.27. The second kappa shape index (κ2) is 7.29. The lowest BCUT2D eigenvalue weighted by Gasteiger charge is -2.16. The number of hydrogen-bond donors (Lipinski definition) is 1. The predicted molar refractivity (Wildman–Crippen MR) is 78.0 cm³/mol. The fourth-order valence-corrected chi connectivity index (χ4v) is 2.85. The van der Waals surface area contributed by atoms with Crippen molar-refractivity contribution in [3.8, 4) is 0 Å². The Hall–Kier alpha value is -1.19. The number of aromatic nitrogens is 1. The number of nitrogens with one attached hydrogen (secondary N) is 1. The Bertz CT molecular complexity index is 425. The Morgan fingerprint density at radius 3 is 2.72 bits per heavy atom. The Balaban J connectivity index is 1.96. The van der Waals surface area contributed by atoms with Crippen molar-refractivity contribution in [3.63, 3.8) is 0 Å². The molecule has 0 aliphatic heterocycles. The highest BCUT2D eigenvalue weighted by atomic mass is 32.1. The van der Waals surface area contributed by atoms with Crippen molar-refractivity contribution in [1.82, 2.24) is 10.3 Å². The molecular weight excluding hydrogens is 240 g/mol. The van der Waals surface area contributed by atoms with Gasteiger partial charge < -0.3 is 5.32 Å². The summed E-state index contributed by atoms with van der Waals surface area (Å²) in [5.41, 5.74) is 3.34. The van der Waals surface area contributed by atoms with Crippen molar-refractivity contribution in [2.75, 3.05) is 13.1 Å². The maximum Gasteiger partial charge on any atom is 0.0794 e. The third-order valence-electron chi connectivity index (χ3n) is 3.02. The second-order valence-corrected chi connectivity index (χ2v) is 5.51. The predicted octanol–water partition coefficient (Wildman–Crippen LogP) is 3.15. The van der Waals surface area contributed by atoms with Crippen molar-refractivity contribution < 1.29 is 0 Å². The molecule has 2 rings (SSSR count). The van der Waals surface area contributed by atoms with E-state index in [4.69, 9.17) is 0 Å². The molecule has 2 nitrogen and oxygen atoms in total. The molecule has 1 aromatic heterocycles. The van der Waals surface area contributed by atoms with Crippen molar-refractivity contribution in [3.05, 3.63) is 52.5 Å². The van der Waals surface area contributed by atoms with Gasteiger partial charge in [0, 0.05) is 11.1 Å². The summed E-state index contributed by atoms with van der Waals surface area (Å²) in [6, 6.07) is 10.7. The van der Waals surface area contributed by atoms with E-state index in [1.54, 1.807) is 11.3 Å². The van der Waals surface area contributed by atoms with Gasteiger partial charge in [0.05, 0.1) is 5.51 Å². The Morgan fingerprint density at radius 2 is 2.06 bits per heavy atom. The van der Waals surface area contributed by atoms with E-state index < -0.39 is 0 Å². The van der Waals surface area contributed by atoms with Crippen LogP contribution in [-0.2, 0) is 12.8 Å². The van der Waals surface area contributed by atoms with Crippen LogP contribution in [0.15, 0.2) is 42.0 Å². The van der Waals surface area contributed by atoms with Crippen molar-refractivity contribution in [2.24, 2.45) is 5.92 Å². The van der Waals surface area contributed by atoms with E-state index in [-0.39, 0.29) is 0 Å². The van der Waals surface area contributed by atoms with Gasteiger partial charge in [0.1, 0.15) is 0 Å². The smallest absolute Gasteiger partial charge is 0.0794 e. The molecule has 1 unspecified atom stereocenters. The Kier molecular flexibility index (Phi) is 5.36. The number of benzene rings is 1. The number of thiazole rings is 1. The molecule has 0 saturated heterocycles. The summed E-state index contributed by atoms with van der Waals surface area (Å²) in [5, 5.41) is 3.47. The molecule has 18 heavy (non-hydrogen) atoms. The van der Waals surface area contributed by atoms with E-state index in [1.165, 1.54) is 10.4 Å². The van der Waals surface area contributed by atoms with Crippen LogP contribution in [0.4, 0.5) is 0 Å². The molecule has 1 N–H and O–H groups in total. The summed E-state index contributed by atoms with van der Waals surface area (Å²) < 4.78 is 0. The number of rotatable bonds is 7. The van der Waals surface area contributed by atoms with E-state index in [1.807, 2.05) is 11.7 Å². The molecule has 1 atom stereocenters. The van der Waals surface area contributed by atoms with Crippen LogP contribution in [0.2, 0.25) is 0 Å². The van der Waals surface area contributed by atoms with Crippen LogP contribution in [0.3, 0.4) is 0 Å². The summed E-state index contributed by atoms with van der Waals surface area (Å²) in [7, 11) is 0. The van der Waals surface area contributed by atoms with Crippen LogP contribution in [0.25, 0.3) is 0 Å². The molecule has 2 aromatic rings. The fraction of sp³-hybridized carbons (Fsp3) is 0.400. The monoisotopic (exact) mass is 260 g/mol. The van der Waals surface area contributed by atoms with Crippen molar-refractivity contribution >= 4 is 11.3 Å². The topological polar surface area (TPSA) is 24.9 Å². The first-order chi connectivity index (χ1) is 8.88. The SMILES string of the molecule is CCNCC(Cc1ccccc1)Cc1cncs1. The average Bonchev–Trinajstić information content (AvgIpc) is 2.90. The summed E-state index contributed by atoms with van der Waals surface area (Å²) in [5.74, 6) is 0.646. The summed E-state index contributed by atoms with van der Waals surface area (Å²) in [6.07, 6.45) is 4.24. The lowest BCUT2D eigenvalue weighted by Crippen LogP contribution is -2.25. The molecule has 96 valence electrons. The lowest BCUT2D eigenvalue weighted by atomic mass is 9.95. The van der Waals surface area contributed by atoms with Crippen LogP contribution < -0.4 is 5.32 Å². The Labute approximate surface area is 113 Å². The molecule has 0 aliphatic carbocycles. The van der Waals surface area contributed by atoms with E-state index in [0.717, 1.165) is 25.9 Å². The van der Waals surface area contributed by atoms with Gasteiger partial charge in [-0.05, 0) is 37.4 Å². The maximum atomic E-state index is 4.16. The molecule has 0 aliphatic rings. The van der Waals surface area contributed by atoms with Gasteiger partial charge in [0.25, 0.3) is 0 Å². The molecule has 1 aromatic carbocycles. The minimum Gasteiger partial charge on any atom is -0.317 e. The minimum atomic E-state index is 0.646. The van der Waals surface area contributed by atoms with E-state index in [2.05, 4.69) is 47.6 Å². The van der Waals surface area contributed by atoms with E-state index >= 15 is 0 Å². The number of nitrogens with zero attached hydrogens (tertiary/aromatic N) is 1. The third kappa shape index (κ3) is 4.24. The van der Waals surface area contributed by atoms with Gasteiger partial charge in [-0.25, -0.2) is 0 Å². The van der Waals surface area contributed by atoms with Crippen LogP contribution >= 0.6 is 11.3 Å². The minimum absolute atomic E-state index is 0.646. The second-order valence-electron chi connectivity index (χ2n) is 4.54. The molecule has 0 spiro atoms. The highest BCUT2D eigenvalue weighted by Crippen LogP contribution is 2.16. The molecule has 0 radical (unpaired) electrons. The first-order valence-corrected chi connectivity index (χ1v) is 7.38. The normalized spacial score (nSPS) is 12.5. The molecule has 0 amide bonds.